The third-order valence-electron chi connectivity index (χ3n) is 4.97. The van der Waals surface area contributed by atoms with E-state index in [2.05, 4.69) is 28.6 Å². The van der Waals surface area contributed by atoms with Gasteiger partial charge in [-0.1, -0.05) is 24.3 Å². The van der Waals surface area contributed by atoms with E-state index in [9.17, 15) is 9.18 Å². The highest BCUT2D eigenvalue weighted by Gasteiger charge is 2.24. The van der Waals surface area contributed by atoms with Gasteiger partial charge in [-0.3, -0.25) is 4.79 Å². The molecule has 132 valence electrons. The fourth-order valence-electron chi connectivity index (χ4n) is 3.62. The molecule has 1 aromatic heterocycles. The number of anilines is 1. The molecule has 1 N–H and O–H groups in total. The van der Waals surface area contributed by atoms with Gasteiger partial charge in [0.15, 0.2) is 0 Å². The zero-order valence-electron chi connectivity index (χ0n) is 14.6. The molecule has 3 aromatic rings. The Morgan fingerprint density at radius 3 is 2.92 bits per heavy atom. The van der Waals surface area contributed by atoms with Crippen LogP contribution in [0.15, 0.2) is 54.7 Å². The summed E-state index contributed by atoms with van der Waals surface area (Å²) >= 11 is 0. The summed E-state index contributed by atoms with van der Waals surface area (Å²) in [4.78, 5) is 12.6. The summed E-state index contributed by atoms with van der Waals surface area (Å²) in [6.07, 6.45) is 4.84. The van der Waals surface area contributed by atoms with Crippen LogP contribution in [0.25, 0.3) is 0 Å². The van der Waals surface area contributed by atoms with Gasteiger partial charge >= 0.3 is 0 Å². The van der Waals surface area contributed by atoms with Gasteiger partial charge in [0, 0.05) is 11.6 Å². The number of nitrogens with one attached hydrogen (secondary N) is 1. The van der Waals surface area contributed by atoms with E-state index >= 15 is 0 Å². The van der Waals surface area contributed by atoms with E-state index in [-0.39, 0.29) is 17.8 Å². The number of aryl methyl sites for hydroxylation is 2. The minimum absolute atomic E-state index is 0.111. The number of nitrogens with zero attached hydrogens (tertiary/aromatic N) is 2. The highest BCUT2D eigenvalue weighted by Crippen LogP contribution is 2.34. The molecular weight excluding hydrogens is 329 g/mol. The average Bonchev–Trinajstić information content (AvgIpc) is 3.11. The Morgan fingerprint density at radius 1 is 1.23 bits per heavy atom. The summed E-state index contributed by atoms with van der Waals surface area (Å²) in [5.41, 5.74) is 3.48. The van der Waals surface area contributed by atoms with E-state index < -0.39 is 0 Å². The van der Waals surface area contributed by atoms with Crippen LogP contribution in [0.1, 0.15) is 45.9 Å². The van der Waals surface area contributed by atoms with Crippen molar-refractivity contribution in [1.29, 1.82) is 0 Å². The normalized spacial score (nSPS) is 16.2. The van der Waals surface area contributed by atoms with Gasteiger partial charge in [-0.25, -0.2) is 9.07 Å². The molecule has 0 aliphatic heterocycles. The van der Waals surface area contributed by atoms with E-state index in [1.54, 1.807) is 25.3 Å². The molecule has 0 saturated heterocycles. The monoisotopic (exact) mass is 349 g/mol. The molecule has 1 atom stereocenters. The molecule has 2 aromatic carbocycles. The molecule has 0 bridgehead atoms. The summed E-state index contributed by atoms with van der Waals surface area (Å²) in [7, 11) is 0. The quantitative estimate of drug-likeness (QED) is 0.756. The SMILES string of the molecule is Cc1cc(C(=O)Nc2ccnn2C2CCCc3ccccc32)ccc1F. The van der Waals surface area contributed by atoms with E-state index in [1.807, 2.05) is 10.7 Å². The van der Waals surface area contributed by atoms with Crippen LogP contribution in [-0.2, 0) is 6.42 Å². The number of carbonyl (C=O) groups is 1. The lowest BCUT2D eigenvalue weighted by atomic mass is 9.88. The first-order chi connectivity index (χ1) is 12.6. The molecule has 1 aliphatic rings. The molecule has 1 amide bonds. The van der Waals surface area contributed by atoms with Crippen LogP contribution < -0.4 is 5.32 Å². The Hall–Kier alpha value is -2.95. The van der Waals surface area contributed by atoms with Crippen LogP contribution in [0, 0.1) is 12.7 Å². The number of halogens is 1. The van der Waals surface area contributed by atoms with Crippen molar-refractivity contribution in [2.45, 2.75) is 32.2 Å². The van der Waals surface area contributed by atoms with Gasteiger partial charge in [0.2, 0.25) is 0 Å². The summed E-state index contributed by atoms with van der Waals surface area (Å²) in [5, 5.41) is 7.38. The van der Waals surface area contributed by atoms with Gasteiger partial charge in [-0.15, -0.1) is 0 Å². The standard InChI is InChI=1S/C21H20FN3O/c1-14-13-16(9-10-18(14)22)21(26)24-20-11-12-23-25(20)19-8-4-6-15-5-2-3-7-17(15)19/h2-3,5,7,9-13,19H,4,6,8H2,1H3,(H,24,26). The molecule has 0 fully saturated rings. The lowest BCUT2D eigenvalue weighted by Gasteiger charge is -2.27. The minimum Gasteiger partial charge on any atom is -0.307 e. The Bertz CT molecular complexity index is 963. The highest BCUT2D eigenvalue weighted by atomic mass is 19.1. The predicted molar refractivity (Wildman–Crippen MR) is 98.8 cm³/mol. The van der Waals surface area contributed by atoms with Gasteiger partial charge in [0.05, 0.1) is 12.2 Å². The Morgan fingerprint density at radius 2 is 2.08 bits per heavy atom. The number of rotatable bonds is 3. The first kappa shape index (κ1) is 16.5. The third kappa shape index (κ3) is 3.01. The van der Waals surface area contributed by atoms with Crippen molar-refractivity contribution in [3.63, 3.8) is 0 Å². The van der Waals surface area contributed by atoms with Crippen molar-refractivity contribution < 1.29 is 9.18 Å². The summed E-state index contributed by atoms with van der Waals surface area (Å²) < 4.78 is 15.3. The third-order valence-corrected chi connectivity index (χ3v) is 4.97. The van der Waals surface area contributed by atoms with Crippen LogP contribution in [-0.4, -0.2) is 15.7 Å². The van der Waals surface area contributed by atoms with E-state index in [0.717, 1.165) is 19.3 Å². The van der Waals surface area contributed by atoms with Crippen molar-refractivity contribution in [2.75, 3.05) is 5.32 Å². The van der Waals surface area contributed by atoms with Gasteiger partial charge in [-0.05, 0) is 61.1 Å². The molecular formula is C21H20FN3O. The largest absolute Gasteiger partial charge is 0.307 e. The van der Waals surface area contributed by atoms with Crippen LogP contribution in [0.5, 0.6) is 0 Å². The molecule has 1 unspecified atom stereocenters. The number of carbonyl (C=O) groups excluding carboxylic acids is 1. The van der Waals surface area contributed by atoms with Crippen molar-refractivity contribution in [3.05, 3.63) is 82.8 Å². The fraction of sp³-hybridized carbons (Fsp3) is 0.238. The minimum atomic E-state index is -0.314. The molecule has 0 radical (unpaired) electrons. The second kappa shape index (κ2) is 6.75. The lowest BCUT2D eigenvalue weighted by molar-refractivity contribution is 0.102. The topological polar surface area (TPSA) is 46.9 Å². The van der Waals surface area contributed by atoms with Gasteiger partial charge in [-0.2, -0.15) is 5.10 Å². The number of fused-ring (bicyclic) bond motifs is 1. The van der Waals surface area contributed by atoms with Gasteiger partial charge < -0.3 is 5.32 Å². The Balaban J connectivity index is 1.62. The summed E-state index contributed by atoms with van der Waals surface area (Å²) in [6, 6.07) is 14.7. The smallest absolute Gasteiger partial charge is 0.256 e. The second-order valence-electron chi connectivity index (χ2n) is 6.69. The van der Waals surface area contributed by atoms with Crippen LogP contribution in [0.3, 0.4) is 0 Å². The van der Waals surface area contributed by atoms with Crippen molar-refractivity contribution >= 4 is 11.7 Å². The lowest BCUT2D eigenvalue weighted by Crippen LogP contribution is -2.22. The fourth-order valence-corrected chi connectivity index (χ4v) is 3.62. The maximum Gasteiger partial charge on any atom is 0.256 e. The van der Waals surface area contributed by atoms with E-state index in [4.69, 9.17) is 0 Å². The average molecular weight is 349 g/mol. The number of benzene rings is 2. The van der Waals surface area contributed by atoms with Crippen molar-refractivity contribution in [3.8, 4) is 0 Å². The molecule has 4 rings (SSSR count). The van der Waals surface area contributed by atoms with Crippen molar-refractivity contribution in [2.24, 2.45) is 0 Å². The molecule has 1 heterocycles. The van der Waals surface area contributed by atoms with Crippen LogP contribution in [0.2, 0.25) is 0 Å². The number of aromatic nitrogens is 2. The Kier molecular flexibility index (Phi) is 4.29. The van der Waals surface area contributed by atoms with Crippen LogP contribution >= 0.6 is 0 Å². The number of hydrogen-bond acceptors (Lipinski definition) is 2. The second-order valence-corrected chi connectivity index (χ2v) is 6.69. The molecule has 4 nitrogen and oxygen atoms in total. The molecule has 26 heavy (non-hydrogen) atoms. The summed E-state index contributed by atoms with van der Waals surface area (Å²) in [5.74, 6) is 0.0723. The zero-order valence-corrected chi connectivity index (χ0v) is 14.6. The first-order valence-electron chi connectivity index (χ1n) is 8.82. The maximum absolute atomic E-state index is 13.4. The Labute approximate surface area is 151 Å². The summed E-state index contributed by atoms with van der Waals surface area (Å²) in [6.45, 7) is 1.65. The number of amides is 1. The number of hydrogen-bond donors (Lipinski definition) is 1. The molecule has 5 heteroatoms. The highest BCUT2D eigenvalue weighted by molar-refractivity contribution is 6.03. The molecule has 1 aliphatic carbocycles. The zero-order chi connectivity index (χ0) is 18.1. The maximum atomic E-state index is 13.4. The molecule has 0 spiro atoms. The van der Waals surface area contributed by atoms with Gasteiger partial charge in [0.25, 0.3) is 5.91 Å². The van der Waals surface area contributed by atoms with Gasteiger partial charge in [0.1, 0.15) is 11.6 Å². The van der Waals surface area contributed by atoms with Crippen molar-refractivity contribution in [1.82, 2.24) is 9.78 Å². The van der Waals surface area contributed by atoms with E-state index in [0.29, 0.717) is 16.9 Å². The van der Waals surface area contributed by atoms with Crippen LogP contribution in [0.4, 0.5) is 10.2 Å². The predicted octanol–water partition coefficient (Wildman–Crippen LogP) is 4.51. The van der Waals surface area contributed by atoms with E-state index in [1.165, 1.54) is 23.3 Å². The molecule has 0 saturated carbocycles. The first-order valence-corrected chi connectivity index (χ1v) is 8.82.